The van der Waals surface area contributed by atoms with Crippen LogP contribution < -0.4 is 10.6 Å². The molecule has 0 saturated carbocycles. The zero-order valence-electron chi connectivity index (χ0n) is 13.0. The Morgan fingerprint density at radius 2 is 2.05 bits per heavy atom. The van der Waals surface area contributed by atoms with Gasteiger partial charge in [-0.1, -0.05) is 44.2 Å². The molecular weight excluding hydrogens is 264 g/mol. The minimum Gasteiger partial charge on any atom is -0.341 e. The summed E-state index contributed by atoms with van der Waals surface area (Å²) in [6.07, 6.45) is 4.29. The number of amides is 2. The van der Waals surface area contributed by atoms with E-state index < -0.39 is 0 Å². The second-order valence-electron chi connectivity index (χ2n) is 4.97. The molecular formula is C17H24N2O2. The summed E-state index contributed by atoms with van der Waals surface area (Å²) in [5.41, 5.74) is 3.69. The van der Waals surface area contributed by atoms with Gasteiger partial charge in [-0.15, -0.1) is 0 Å². The van der Waals surface area contributed by atoms with Crippen LogP contribution in [0.2, 0.25) is 0 Å². The zero-order chi connectivity index (χ0) is 15.7. The second kappa shape index (κ2) is 8.95. The smallest absolute Gasteiger partial charge is 0.224 e. The molecule has 2 N–H and O–H groups in total. The first kappa shape index (κ1) is 17.0. The third-order valence-corrected chi connectivity index (χ3v) is 3.51. The van der Waals surface area contributed by atoms with Gasteiger partial charge >= 0.3 is 0 Å². The van der Waals surface area contributed by atoms with Crippen molar-refractivity contribution in [2.45, 2.75) is 33.6 Å². The Kier molecular flexibility index (Phi) is 7.23. The van der Waals surface area contributed by atoms with E-state index in [4.69, 9.17) is 0 Å². The van der Waals surface area contributed by atoms with Crippen molar-refractivity contribution in [2.75, 3.05) is 6.67 Å². The van der Waals surface area contributed by atoms with Gasteiger partial charge in [-0.2, -0.15) is 0 Å². The molecule has 0 saturated heterocycles. The fraction of sp³-hybridized carbons (Fsp3) is 0.412. The second-order valence-corrected chi connectivity index (χ2v) is 4.97. The highest BCUT2D eigenvalue weighted by Crippen LogP contribution is 2.26. The molecule has 2 amide bonds. The number of benzene rings is 1. The van der Waals surface area contributed by atoms with Crippen molar-refractivity contribution in [3.05, 3.63) is 41.5 Å². The minimum atomic E-state index is -0.144. The normalized spacial score (nSPS) is 12.6. The standard InChI is InChI=1S/C17H24N2O2/c1-4-14-8-6-7-9-16(14)15(5-2)10-13(3)17(21)19-11-18-12-20/h5-9,12-13H,4,10-11H2,1-3H3,(H,18,20)(H,19,21)/b15-5-/t13-/m1/s1. The first-order valence-corrected chi connectivity index (χ1v) is 7.32. The van der Waals surface area contributed by atoms with E-state index in [1.165, 1.54) is 16.7 Å². The third-order valence-electron chi connectivity index (χ3n) is 3.51. The fourth-order valence-electron chi connectivity index (χ4n) is 2.30. The third kappa shape index (κ3) is 5.06. The Balaban J connectivity index is 2.74. The summed E-state index contributed by atoms with van der Waals surface area (Å²) < 4.78 is 0. The Labute approximate surface area is 126 Å². The Morgan fingerprint density at radius 3 is 2.67 bits per heavy atom. The van der Waals surface area contributed by atoms with Gasteiger partial charge < -0.3 is 10.6 Å². The van der Waals surface area contributed by atoms with Crippen LogP contribution in [0.5, 0.6) is 0 Å². The van der Waals surface area contributed by atoms with Crippen molar-refractivity contribution in [3.63, 3.8) is 0 Å². The number of hydrogen-bond acceptors (Lipinski definition) is 2. The molecule has 4 nitrogen and oxygen atoms in total. The summed E-state index contributed by atoms with van der Waals surface area (Å²) in [5, 5.41) is 5.11. The van der Waals surface area contributed by atoms with Gasteiger partial charge in [0.1, 0.15) is 0 Å². The molecule has 4 heteroatoms. The molecule has 0 fully saturated rings. The summed E-state index contributed by atoms with van der Waals surface area (Å²) >= 11 is 0. The molecule has 1 aromatic carbocycles. The first-order valence-electron chi connectivity index (χ1n) is 7.32. The Bertz CT molecular complexity index is 509. The molecule has 114 valence electrons. The topological polar surface area (TPSA) is 58.2 Å². The number of carbonyl (C=O) groups is 2. The quantitative estimate of drug-likeness (QED) is 0.439. The molecule has 0 bridgehead atoms. The van der Waals surface area contributed by atoms with E-state index >= 15 is 0 Å². The van der Waals surface area contributed by atoms with Crippen LogP contribution in [0.1, 0.15) is 38.3 Å². The van der Waals surface area contributed by atoms with Crippen LogP contribution in [0.3, 0.4) is 0 Å². The summed E-state index contributed by atoms with van der Waals surface area (Å²) in [5.74, 6) is -0.202. The Hall–Kier alpha value is -2.10. The van der Waals surface area contributed by atoms with Crippen LogP contribution in [-0.4, -0.2) is 19.0 Å². The summed E-state index contributed by atoms with van der Waals surface area (Å²) in [6.45, 7) is 6.20. The highest BCUT2D eigenvalue weighted by molar-refractivity contribution is 5.81. The van der Waals surface area contributed by atoms with Gasteiger partial charge in [-0.05, 0) is 36.5 Å². The lowest BCUT2D eigenvalue weighted by molar-refractivity contribution is -0.124. The number of aryl methyl sites for hydroxylation is 1. The van der Waals surface area contributed by atoms with E-state index in [0.29, 0.717) is 12.8 Å². The number of carbonyl (C=O) groups excluding carboxylic acids is 2. The average Bonchev–Trinajstić information content (AvgIpc) is 2.52. The minimum absolute atomic E-state index is 0.0577. The molecule has 0 aliphatic carbocycles. The van der Waals surface area contributed by atoms with E-state index in [9.17, 15) is 9.59 Å². The monoisotopic (exact) mass is 288 g/mol. The van der Waals surface area contributed by atoms with Crippen LogP contribution in [-0.2, 0) is 16.0 Å². The highest BCUT2D eigenvalue weighted by Gasteiger charge is 2.16. The van der Waals surface area contributed by atoms with Gasteiger partial charge in [0.15, 0.2) is 0 Å². The van der Waals surface area contributed by atoms with Gasteiger partial charge in [0.25, 0.3) is 0 Å². The maximum Gasteiger partial charge on any atom is 0.224 e. The van der Waals surface area contributed by atoms with Crippen LogP contribution in [0.25, 0.3) is 5.57 Å². The van der Waals surface area contributed by atoms with Crippen LogP contribution in [0.15, 0.2) is 30.3 Å². The van der Waals surface area contributed by atoms with Gasteiger partial charge in [0.2, 0.25) is 12.3 Å². The van der Waals surface area contributed by atoms with Crippen molar-refractivity contribution in [2.24, 2.45) is 5.92 Å². The Morgan fingerprint density at radius 1 is 1.33 bits per heavy atom. The van der Waals surface area contributed by atoms with Gasteiger partial charge in [-0.3, -0.25) is 9.59 Å². The van der Waals surface area contributed by atoms with Crippen LogP contribution in [0.4, 0.5) is 0 Å². The van der Waals surface area contributed by atoms with E-state index in [1.54, 1.807) is 0 Å². The molecule has 0 aliphatic heterocycles. The van der Waals surface area contributed by atoms with E-state index in [0.717, 1.165) is 6.42 Å². The summed E-state index contributed by atoms with van der Waals surface area (Å²) in [7, 11) is 0. The van der Waals surface area contributed by atoms with E-state index in [1.807, 2.05) is 26.0 Å². The molecule has 0 heterocycles. The number of nitrogens with one attached hydrogen (secondary N) is 2. The maximum absolute atomic E-state index is 12.0. The molecule has 21 heavy (non-hydrogen) atoms. The molecule has 0 radical (unpaired) electrons. The molecule has 1 atom stereocenters. The summed E-state index contributed by atoms with van der Waals surface area (Å²) in [6, 6.07) is 8.29. The lowest BCUT2D eigenvalue weighted by atomic mass is 9.91. The van der Waals surface area contributed by atoms with Gasteiger partial charge in [0.05, 0.1) is 6.67 Å². The van der Waals surface area contributed by atoms with Crippen LogP contribution >= 0.6 is 0 Å². The highest BCUT2D eigenvalue weighted by atomic mass is 16.2. The number of rotatable bonds is 8. The molecule has 1 rings (SSSR count). The number of allylic oxidation sites excluding steroid dienone is 2. The SMILES string of the molecule is C/C=C(/C[C@@H](C)C(=O)NCNC=O)c1ccccc1CC. The van der Waals surface area contributed by atoms with Crippen LogP contribution in [0, 0.1) is 5.92 Å². The van der Waals surface area contributed by atoms with E-state index in [2.05, 4.69) is 35.8 Å². The predicted molar refractivity (Wildman–Crippen MR) is 85.5 cm³/mol. The van der Waals surface area contributed by atoms with E-state index in [-0.39, 0.29) is 18.5 Å². The molecule has 1 aromatic rings. The molecule has 0 aromatic heterocycles. The van der Waals surface area contributed by atoms with Gasteiger partial charge in [0, 0.05) is 5.92 Å². The molecule has 0 unspecified atom stereocenters. The summed E-state index contributed by atoms with van der Waals surface area (Å²) in [4.78, 5) is 22.1. The molecule has 0 aliphatic rings. The maximum atomic E-state index is 12.0. The van der Waals surface area contributed by atoms with Crippen molar-refractivity contribution >= 4 is 17.9 Å². The van der Waals surface area contributed by atoms with Crippen molar-refractivity contribution in [1.82, 2.24) is 10.6 Å². The number of hydrogen-bond donors (Lipinski definition) is 2. The average molecular weight is 288 g/mol. The fourth-order valence-corrected chi connectivity index (χ4v) is 2.30. The molecule has 0 spiro atoms. The first-order chi connectivity index (χ1) is 10.1. The van der Waals surface area contributed by atoms with Crippen molar-refractivity contribution in [1.29, 1.82) is 0 Å². The predicted octanol–water partition coefficient (Wildman–Crippen LogP) is 2.50. The van der Waals surface area contributed by atoms with Gasteiger partial charge in [-0.25, -0.2) is 0 Å². The lowest BCUT2D eigenvalue weighted by Gasteiger charge is -2.16. The largest absolute Gasteiger partial charge is 0.341 e. The van der Waals surface area contributed by atoms with Crippen molar-refractivity contribution in [3.8, 4) is 0 Å². The lowest BCUT2D eigenvalue weighted by Crippen LogP contribution is -2.36. The van der Waals surface area contributed by atoms with Crippen molar-refractivity contribution < 1.29 is 9.59 Å². The zero-order valence-corrected chi connectivity index (χ0v) is 13.0.